The van der Waals surface area contributed by atoms with Gasteiger partial charge in [0.1, 0.15) is 13.2 Å². The second-order valence-corrected chi connectivity index (χ2v) is 20.2. The van der Waals surface area contributed by atoms with Gasteiger partial charge >= 0.3 is 11.9 Å². The molecule has 0 aromatic carbocycles. The van der Waals surface area contributed by atoms with Crippen LogP contribution < -0.4 is 5.11 Å². The number of hydrogen-bond acceptors (Lipinski definition) is 8. The van der Waals surface area contributed by atoms with E-state index < -0.39 is 24.3 Å². The number of rotatable bonds is 52. The number of quaternary nitrogens is 1. The molecule has 0 aliphatic rings. The normalized spacial score (nSPS) is 13.8. The van der Waals surface area contributed by atoms with Gasteiger partial charge in [-0.25, -0.2) is 0 Å². The first-order valence-electron chi connectivity index (χ1n) is 29.3. The topological polar surface area (TPSA) is 111 Å². The molecule has 424 valence electrons. The van der Waals surface area contributed by atoms with Crippen LogP contribution in [0.2, 0.25) is 0 Å². The van der Waals surface area contributed by atoms with E-state index in [0.717, 1.165) is 89.9 Å². The molecule has 9 nitrogen and oxygen atoms in total. The summed E-state index contributed by atoms with van der Waals surface area (Å²) in [5, 5.41) is 11.8. The van der Waals surface area contributed by atoms with Crippen LogP contribution in [0.1, 0.15) is 206 Å². The summed E-state index contributed by atoms with van der Waals surface area (Å²) in [6.07, 6.45) is 76.5. The molecule has 0 bridgehead atoms. The van der Waals surface area contributed by atoms with Crippen LogP contribution in [0, 0.1) is 0 Å². The summed E-state index contributed by atoms with van der Waals surface area (Å²) < 4.78 is 22.6. The molecule has 0 radical (unpaired) electrons. The van der Waals surface area contributed by atoms with E-state index >= 15 is 0 Å². The van der Waals surface area contributed by atoms with Crippen LogP contribution in [0.15, 0.2) is 134 Å². The van der Waals surface area contributed by atoms with E-state index in [1.54, 1.807) is 0 Å². The lowest BCUT2D eigenvalue weighted by molar-refractivity contribution is -0.870. The Kier molecular flexibility index (Phi) is 52.3. The molecule has 75 heavy (non-hydrogen) atoms. The van der Waals surface area contributed by atoms with Gasteiger partial charge in [-0.3, -0.25) is 9.59 Å². The maximum atomic E-state index is 12.8. The molecule has 2 unspecified atom stereocenters. The summed E-state index contributed by atoms with van der Waals surface area (Å²) in [6, 6.07) is 0. The standard InChI is InChI=1S/C66H107NO8/c1-6-8-10-12-14-16-18-20-22-24-26-28-30-31-32-33-35-36-38-40-42-44-46-48-50-52-54-56-63(68)73-60-62(61-74-66(65(70)71)72-59-58-67(3,4)5)75-64(69)57-55-53-51-49-47-45-43-41-39-37-34-29-27-25-23-21-19-17-15-13-11-9-7-2/h8-11,14-17,20-23,26-29,37,39,43,45,49,51,62,66H,6-7,12-13,18-19,24-25,30-36,38,40-42,44,46-48,50,52-61H2,1-5H3/b10-8-,11-9-,16-14-,17-15-,22-20-,23-21-,28-26-,29-27-,39-37-,45-43-,51-49-. The number of aliphatic carboxylic acids is 1. The predicted octanol–water partition coefficient (Wildman–Crippen LogP) is 16.1. The molecule has 0 aliphatic heterocycles. The van der Waals surface area contributed by atoms with E-state index in [1.165, 1.54) is 77.0 Å². The van der Waals surface area contributed by atoms with Crippen molar-refractivity contribution in [3.63, 3.8) is 0 Å². The Balaban J connectivity index is 4.34. The number of carbonyl (C=O) groups is 3. The number of hydrogen-bond donors (Lipinski definition) is 0. The van der Waals surface area contributed by atoms with Crippen molar-refractivity contribution >= 4 is 17.9 Å². The zero-order valence-electron chi connectivity index (χ0n) is 48.1. The highest BCUT2D eigenvalue weighted by Crippen LogP contribution is 2.15. The van der Waals surface area contributed by atoms with Crippen molar-refractivity contribution in [1.82, 2.24) is 0 Å². The van der Waals surface area contributed by atoms with Gasteiger partial charge in [-0.05, 0) is 103 Å². The van der Waals surface area contributed by atoms with Crippen molar-refractivity contribution in [2.24, 2.45) is 0 Å². The molecular weight excluding hydrogens is 935 g/mol. The molecule has 2 atom stereocenters. The van der Waals surface area contributed by atoms with Crippen molar-refractivity contribution in [2.45, 2.75) is 219 Å². The summed E-state index contributed by atoms with van der Waals surface area (Å²) in [5.74, 6) is -2.38. The minimum Gasteiger partial charge on any atom is -0.545 e. The van der Waals surface area contributed by atoms with Crippen LogP contribution in [0.4, 0.5) is 0 Å². The van der Waals surface area contributed by atoms with Crippen molar-refractivity contribution < 1.29 is 42.9 Å². The fraction of sp³-hybridized carbons (Fsp3) is 0.621. The Morgan fingerprint density at radius 3 is 1.11 bits per heavy atom. The zero-order valence-corrected chi connectivity index (χ0v) is 48.1. The third-order valence-corrected chi connectivity index (χ3v) is 11.9. The molecule has 0 amide bonds. The minimum atomic E-state index is -1.65. The van der Waals surface area contributed by atoms with E-state index in [4.69, 9.17) is 18.9 Å². The van der Waals surface area contributed by atoms with Crippen LogP contribution in [-0.4, -0.2) is 82.3 Å². The van der Waals surface area contributed by atoms with E-state index in [9.17, 15) is 19.5 Å². The highest BCUT2D eigenvalue weighted by atomic mass is 16.7. The van der Waals surface area contributed by atoms with Gasteiger partial charge in [0, 0.05) is 12.8 Å². The van der Waals surface area contributed by atoms with Gasteiger partial charge in [0.05, 0.1) is 40.3 Å². The van der Waals surface area contributed by atoms with Gasteiger partial charge in [-0.15, -0.1) is 0 Å². The van der Waals surface area contributed by atoms with Crippen molar-refractivity contribution in [3.05, 3.63) is 134 Å². The summed E-state index contributed by atoms with van der Waals surface area (Å²) >= 11 is 0. The first-order valence-corrected chi connectivity index (χ1v) is 29.3. The van der Waals surface area contributed by atoms with Crippen molar-refractivity contribution in [3.8, 4) is 0 Å². The first-order chi connectivity index (χ1) is 36.6. The van der Waals surface area contributed by atoms with Crippen LogP contribution in [0.3, 0.4) is 0 Å². The molecule has 0 aliphatic carbocycles. The van der Waals surface area contributed by atoms with Gasteiger partial charge in [-0.1, -0.05) is 225 Å². The van der Waals surface area contributed by atoms with E-state index in [-0.39, 0.29) is 38.6 Å². The van der Waals surface area contributed by atoms with Gasteiger partial charge < -0.3 is 33.3 Å². The monoisotopic (exact) mass is 1040 g/mol. The second kappa shape index (κ2) is 55.7. The molecule has 0 aromatic heterocycles. The number of unbranched alkanes of at least 4 members (excludes halogenated alkanes) is 15. The maximum Gasteiger partial charge on any atom is 0.306 e. The predicted molar refractivity (Wildman–Crippen MR) is 315 cm³/mol. The largest absolute Gasteiger partial charge is 0.545 e. The Morgan fingerprint density at radius 2 is 0.733 bits per heavy atom. The lowest BCUT2D eigenvalue weighted by Gasteiger charge is -2.26. The highest BCUT2D eigenvalue weighted by Gasteiger charge is 2.21. The Bertz CT molecular complexity index is 1690. The third-order valence-electron chi connectivity index (χ3n) is 11.9. The fourth-order valence-corrected chi connectivity index (χ4v) is 7.46. The fourth-order valence-electron chi connectivity index (χ4n) is 7.46. The number of carbonyl (C=O) groups excluding carboxylic acids is 3. The second-order valence-electron chi connectivity index (χ2n) is 20.2. The van der Waals surface area contributed by atoms with Crippen LogP contribution >= 0.6 is 0 Å². The quantitative estimate of drug-likeness (QED) is 0.0195. The molecular formula is C66H107NO8. The summed E-state index contributed by atoms with van der Waals surface area (Å²) in [6.45, 7) is 4.44. The number of carboxylic acids is 1. The van der Waals surface area contributed by atoms with E-state index in [1.807, 2.05) is 27.2 Å². The van der Waals surface area contributed by atoms with Gasteiger partial charge in [0.25, 0.3) is 0 Å². The molecule has 0 heterocycles. The number of allylic oxidation sites excluding steroid dienone is 22. The Hall–Kier alpha value is -4.57. The molecule has 0 N–H and O–H groups in total. The van der Waals surface area contributed by atoms with Gasteiger partial charge in [-0.2, -0.15) is 0 Å². The number of carboxylic acid groups (broad SMARTS) is 1. The maximum absolute atomic E-state index is 12.8. The van der Waals surface area contributed by atoms with Crippen LogP contribution in [0.5, 0.6) is 0 Å². The van der Waals surface area contributed by atoms with Crippen LogP contribution in [0.25, 0.3) is 0 Å². The molecule has 0 fully saturated rings. The number of esters is 2. The number of ether oxygens (including phenoxy) is 4. The number of likely N-dealkylation sites (N-methyl/N-ethyl adjacent to an activating group) is 1. The third kappa shape index (κ3) is 57.0. The molecule has 0 saturated heterocycles. The Morgan fingerprint density at radius 1 is 0.400 bits per heavy atom. The minimum absolute atomic E-state index is 0.129. The SMILES string of the molecule is CC/C=C\C/C=C\C/C=C\C/C=C\C/C=C\C/C=C\C/C=C\CCCC(=O)OC(COC(=O)CCCCCCCCCCCCCCCC/C=C\C/C=C\C/C=C\C/C=C\CC)COC(OCC[N+](C)(C)C)C(=O)[O-]. The zero-order chi connectivity index (χ0) is 54.8. The summed E-state index contributed by atoms with van der Waals surface area (Å²) in [5.41, 5.74) is 0. The van der Waals surface area contributed by atoms with Crippen LogP contribution in [-0.2, 0) is 33.3 Å². The van der Waals surface area contributed by atoms with Crippen molar-refractivity contribution in [1.29, 1.82) is 0 Å². The van der Waals surface area contributed by atoms with E-state index in [0.29, 0.717) is 23.9 Å². The molecule has 0 saturated carbocycles. The number of nitrogens with zero attached hydrogens (tertiary/aromatic N) is 1. The lowest BCUT2D eigenvalue weighted by Crippen LogP contribution is -2.44. The smallest absolute Gasteiger partial charge is 0.306 e. The lowest BCUT2D eigenvalue weighted by atomic mass is 10.0. The highest BCUT2D eigenvalue weighted by molar-refractivity contribution is 5.70. The van der Waals surface area contributed by atoms with Gasteiger partial charge in [0.15, 0.2) is 12.4 Å². The molecule has 0 rings (SSSR count). The average molecular weight is 1040 g/mol. The van der Waals surface area contributed by atoms with Crippen molar-refractivity contribution in [2.75, 3.05) is 47.5 Å². The molecule has 9 heteroatoms. The summed E-state index contributed by atoms with van der Waals surface area (Å²) in [7, 11) is 5.89. The summed E-state index contributed by atoms with van der Waals surface area (Å²) in [4.78, 5) is 37.3. The first kappa shape index (κ1) is 70.4. The average Bonchev–Trinajstić information content (AvgIpc) is 3.38. The molecule has 0 aromatic rings. The van der Waals surface area contributed by atoms with Gasteiger partial charge in [0.2, 0.25) is 0 Å². The Labute approximate surface area is 459 Å². The molecule has 0 spiro atoms. The van der Waals surface area contributed by atoms with E-state index in [2.05, 4.69) is 141 Å².